The number of fused-ring (bicyclic) bond motifs is 1. The molecule has 4 rings (SSSR count). The molecule has 1 aromatic carbocycles. The lowest BCUT2D eigenvalue weighted by Gasteiger charge is -2.22. The van der Waals surface area contributed by atoms with Gasteiger partial charge in [0.2, 0.25) is 0 Å². The van der Waals surface area contributed by atoms with E-state index in [-0.39, 0.29) is 6.04 Å². The molecule has 0 bridgehead atoms. The number of benzene rings is 1. The summed E-state index contributed by atoms with van der Waals surface area (Å²) in [5.41, 5.74) is 1.54. The van der Waals surface area contributed by atoms with Gasteiger partial charge in [-0.05, 0) is 50.5 Å². The molecule has 1 aliphatic heterocycles. The van der Waals surface area contributed by atoms with E-state index in [2.05, 4.69) is 20.3 Å². The molecule has 0 radical (unpaired) electrons. The van der Waals surface area contributed by atoms with E-state index in [1.165, 1.54) is 12.1 Å². The number of aromatic nitrogens is 3. The maximum atomic E-state index is 13.1. The third-order valence-electron chi connectivity index (χ3n) is 5.42. The van der Waals surface area contributed by atoms with Crippen LogP contribution in [0.5, 0.6) is 0 Å². The second kappa shape index (κ2) is 8.18. The van der Waals surface area contributed by atoms with Crippen molar-refractivity contribution in [3.63, 3.8) is 0 Å². The third-order valence-corrected chi connectivity index (χ3v) is 5.42. The van der Waals surface area contributed by atoms with Crippen molar-refractivity contribution in [2.45, 2.75) is 44.8 Å². The fourth-order valence-corrected chi connectivity index (χ4v) is 3.76. The molecule has 0 unspecified atom stereocenters. The summed E-state index contributed by atoms with van der Waals surface area (Å²) in [6.45, 7) is 5.03. The van der Waals surface area contributed by atoms with Crippen molar-refractivity contribution < 1.29 is 17.9 Å². The van der Waals surface area contributed by atoms with Crippen molar-refractivity contribution in [1.82, 2.24) is 15.0 Å². The van der Waals surface area contributed by atoms with Gasteiger partial charge in [-0.25, -0.2) is 9.97 Å². The highest BCUT2D eigenvalue weighted by Gasteiger charge is 2.30. The summed E-state index contributed by atoms with van der Waals surface area (Å²) in [7, 11) is 0. The van der Waals surface area contributed by atoms with Gasteiger partial charge < -0.3 is 10.1 Å². The average molecular weight is 416 g/mol. The quantitative estimate of drug-likeness (QED) is 0.615. The maximum absolute atomic E-state index is 13.1. The van der Waals surface area contributed by atoms with Gasteiger partial charge in [0.05, 0.1) is 17.3 Å². The Labute approximate surface area is 172 Å². The van der Waals surface area contributed by atoms with Gasteiger partial charge in [-0.1, -0.05) is 12.1 Å². The van der Waals surface area contributed by atoms with Gasteiger partial charge in [0.15, 0.2) is 0 Å². The zero-order valence-electron chi connectivity index (χ0n) is 16.8. The number of pyridine rings is 1. The van der Waals surface area contributed by atoms with E-state index >= 15 is 0 Å². The summed E-state index contributed by atoms with van der Waals surface area (Å²) in [5, 5.41) is 4.10. The van der Waals surface area contributed by atoms with Crippen LogP contribution in [0.1, 0.15) is 54.4 Å². The molecule has 8 heteroatoms. The number of aryl methyl sites for hydroxylation is 1. The van der Waals surface area contributed by atoms with Crippen LogP contribution in [0.3, 0.4) is 0 Å². The number of halogens is 3. The number of nitrogens with zero attached hydrogens (tertiary/aromatic N) is 3. The summed E-state index contributed by atoms with van der Waals surface area (Å²) < 4.78 is 44.7. The molecular formula is C22H23F3N4O. The Kier molecular flexibility index (Phi) is 5.60. The van der Waals surface area contributed by atoms with Crippen LogP contribution in [0.2, 0.25) is 0 Å². The molecule has 0 amide bonds. The number of hydrogen-bond acceptors (Lipinski definition) is 5. The molecule has 0 saturated carbocycles. The SMILES string of the molecule is Cc1nc(N[C@H](C)c2cccc(C(F)(F)F)c2)c2cc(C3CCOCC3)ncc2n1. The van der Waals surface area contributed by atoms with Crippen LogP contribution >= 0.6 is 0 Å². The zero-order chi connectivity index (χ0) is 21.3. The van der Waals surface area contributed by atoms with Gasteiger partial charge in [-0.3, -0.25) is 4.98 Å². The Morgan fingerprint density at radius 1 is 1.13 bits per heavy atom. The smallest absolute Gasteiger partial charge is 0.381 e. The molecule has 5 nitrogen and oxygen atoms in total. The molecule has 3 aromatic rings. The van der Waals surface area contributed by atoms with Crippen LogP contribution in [0.25, 0.3) is 10.9 Å². The molecule has 2 aromatic heterocycles. The minimum Gasteiger partial charge on any atom is -0.381 e. The van der Waals surface area contributed by atoms with Crippen molar-refractivity contribution in [3.05, 3.63) is 59.2 Å². The number of alkyl halides is 3. The first-order valence-electron chi connectivity index (χ1n) is 9.97. The largest absolute Gasteiger partial charge is 0.416 e. The van der Waals surface area contributed by atoms with E-state index in [1.807, 2.05) is 13.0 Å². The molecule has 1 atom stereocenters. The number of anilines is 1. The van der Waals surface area contributed by atoms with Gasteiger partial charge in [-0.15, -0.1) is 0 Å². The lowest BCUT2D eigenvalue weighted by molar-refractivity contribution is -0.137. The fraction of sp³-hybridized carbons (Fsp3) is 0.409. The Balaban J connectivity index is 1.67. The predicted octanol–water partition coefficient (Wildman–Crippen LogP) is 5.42. The van der Waals surface area contributed by atoms with E-state index in [9.17, 15) is 13.2 Å². The summed E-state index contributed by atoms with van der Waals surface area (Å²) >= 11 is 0. The standard InChI is InChI=1S/C22H23F3N4O/c1-13(16-4-3-5-17(10-16)22(23,24)25)27-21-18-11-19(15-6-8-30-9-7-15)26-12-20(18)28-14(2)29-21/h3-5,10-13,15H,6-9H2,1-2H3,(H,27,28,29)/t13-/m1/s1. The number of hydrogen-bond donors (Lipinski definition) is 1. The Hall–Kier alpha value is -2.74. The Morgan fingerprint density at radius 2 is 1.90 bits per heavy atom. The van der Waals surface area contributed by atoms with Crippen molar-refractivity contribution in [2.24, 2.45) is 0 Å². The van der Waals surface area contributed by atoms with Crippen LogP contribution < -0.4 is 5.32 Å². The van der Waals surface area contributed by atoms with Gasteiger partial charge in [0.1, 0.15) is 11.6 Å². The first-order valence-corrected chi connectivity index (χ1v) is 9.97. The third kappa shape index (κ3) is 4.38. The van der Waals surface area contributed by atoms with Crippen molar-refractivity contribution in [3.8, 4) is 0 Å². The van der Waals surface area contributed by atoms with Crippen LogP contribution in [0.4, 0.5) is 19.0 Å². The van der Waals surface area contributed by atoms with E-state index in [1.54, 1.807) is 19.2 Å². The number of ether oxygens (including phenoxy) is 1. The molecule has 0 spiro atoms. The monoisotopic (exact) mass is 416 g/mol. The molecule has 1 fully saturated rings. The molecule has 1 N–H and O–H groups in total. The average Bonchev–Trinajstić information content (AvgIpc) is 2.73. The lowest BCUT2D eigenvalue weighted by Crippen LogP contribution is -2.15. The molecule has 30 heavy (non-hydrogen) atoms. The maximum Gasteiger partial charge on any atom is 0.416 e. The van der Waals surface area contributed by atoms with Crippen molar-refractivity contribution in [1.29, 1.82) is 0 Å². The number of nitrogens with one attached hydrogen (secondary N) is 1. The first-order chi connectivity index (χ1) is 14.3. The van der Waals surface area contributed by atoms with Crippen LogP contribution in [0.15, 0.2) is 36.5 Å². The van der Waals surface area contributed by atoms with Gasteiger partial charge in [-0.2, -0.15) is 13.2 Å². The molecule has 1 aliphatic rings. The van der Waals surface area contributed by atoms with Gasteiger partial charge in [0.25, 0.3) is 0 Å². The van der Waals surface area contributed by atoms with Crippen LogP contribution in [-0.2, 0) is 10.9 Å². The second-order valence-corrected chi connectivity index (χ2v) is 7.62. The summed E-state index contributed by atoms with van der Waals surface area (Å²) in [5.74, 6) is 1.48. The zero-order valence-corrected chi connectivity index (χ0v) is 16.8. The van der Waals surface area contributed by atoms with Crippen LogP contribution in [-0.4, -0.2) is 28.2 Å². The van der Waals surface area contributed by atoms with Gasteiger partial charge >= 0.3 is 6.18 Å². The molecular weight excluding hydrogens is 393 g/mol. The summed E-state index contributed by atoms with van der Waals surface area (Å²) in [6, 6.07) is 6.97. The molecule has 0 aliphatic carbocycles. The summed E-state index contributed by atoms with van der Waals surface area (Å²) in [6.07, 6.45) is -0.809. The van der Waals surface area contributed by atoms with Crippen molar-refractivity contribution in [2.75, 3.05) is 18.5 Å². The highest BCUT2D eigenvalue weighted by atomic mass is 19.4. The minimum absolute atomic E-state index is 0.318. The lowest BCUT2D eigenvalue weighted by atomic mass is 9.95. The summed E-state index contributed by atoms with van der Waals surface area (Å²) in [4.78, 5) is 13.6. The first kappa shape index (κ1) is 20.5. The Morgan fingerprint density at radius 3 is 2.63 bits per heavy atom. The van der Waals surface area contributed by atoms with Crippen LogP contribution in [0, 0.1) is 6.92 Å². The normalized spacial score (nSPS) is 16.6. The molecule has 1 saturated heterocycles. The number of rotatable bonds is 4. The predicted molar refractivity (Wildman–Crippen MR) is 108 cm³/mol. The van der Waals surface area contributed by atoms with Gasteiger partial charge in [0, 0.05) is 36.3 Å². The topological polar surface area (TPSA) is 59.9 Å². The van der Waals surface area contributed by atoms with E-state index in [4.69, 9.17) is 4.74 Å². The molecule has 158 valence electrons. The fourth-order valence-electron chi connectivity index (χ4n) is 3.76. The highest BCUT2D eigenvalue weighted by molar-refractivity contribution is 5.89. The minimum atomic E-state index is -4.38. The van der Waals surface area contributed by atoms with E-state index in [0.29, 0.717) is 41.9 Å². The Bertz CT molecular complexity index is 1050. The van der Waals surface area contributed by atoms with E-state index in [0.717, 1.165) is 30.0 Å². The molecule has 3 heterocycles. The highest BCUT2D eigenvalue weighted by Crippen LogP contribution is 2.33. The van der Waals surface area contributed by atoms with E-state index < -0.39 is 11.7 Å². The van der Waals surface area contributed by atoms with Crippen molar-refractivity contribution >= 4 is 16.7 Å². The second-order valence-electron chi connectivity index (χ2n) is 7.62.